The predicted molar refractivity (Wildman–Crippen MR) is 194 cm³/mol. The maximum atomic E-state index is 5.32. The smallest absolute Gasteiger partial charge is 0.201 e. The van der Waals surface area contributed by atoms with Crippen molar-refractivity contribution in [3.63, 3.8) is 0 Å². The average molecular weight is 606 g/mol. The van der Waals surface area contributed by atoms with Gasteiger partial charge in [-0.1, -0.05) is 121 Å². The van der Waals surface area contributed by atoms with Crippen LogP contribution in [0.3, 0.4) is 0 Å². The SMILES string of the molecule is c1ccc(C2=c3ccccc3=NC(n3c4ccccc4c4c5cc(-c6ccccc6)c6sc7ccccc7c6c5ccc43)N2)cc1. The van der Waals surface area contributed by atoms with Crippen LogP contribution in [0.1, 0.15) is 11.9 Å². The highest BCUT2D eigenvalue weighted by molar-refractivity contribution is 7.26. The lowest BCUT2D eigenvalue weighted by Gasteiger charge is -2.25. The van der Waals surface area contributed by atoms with Crippen LogP contribution in [-0.2, 0) is 0 Å². The van der Waals surface area contributed by atoms with E-state index in [-0.39, 0.29) is 6.29 Å². The Morgan fingerprint density at radius 1 is 0.543 bits per heavy atom. The molecule has 1 aliphatic rings. The van der Waals surface area contributed by atoms with Crippen LogP contribution in [0.25, 0.3) is 69.6 Å². The van der Waals surface area contributed by atoms with Crippen molar-refractivity contribution in [3.8, 4) is 11.1 Å². The van der Waals surface area contributed by atoms with E-state index in [0.29, 0.717) is 0 Å². The third-order valence-electron chi connectivity index (χ3n) is 9.41. The van der Waals surface area contributed by atoms with E-state index in [1.165, 1.54) is 58.4 Å². The van der Waals surface area contributed by atoms with Gasteiger partial charge in [-0.2, -0.15) is 0 Å². The number of rotatable bonds is 3. The van der Waals surface area contributed by atoms with Crippen molar-refractivity contribution in [2.24, 2.45) is 4.99 Å². The molecule has 0 saturated carbocycles. The van der Waals surface area contributed by atoms with Crippen LogP contribution in [-0.4, -0.2) is 4.57 Å². The second kappa shape index (κ2) is 9.90. The molecule has 0 radical (unpaired) electrons. The van der Waals surface area contributed by atoms with Gasteiger partial charge in [0.15, 0.2) is 0 Å². The quantitative estimate of drug-likeness (QED) is 0.214. The van der Waals surface area contributed by atoms with Gasteiger partial charge in [0.2, 0.25) is 6.29 Å². The van der Waals surface area contributed by atoms with Crippen molar-refractivity contribution in [2.75, 3.05) is 0 Å². The minimum absolute atomic E-state index is 0.316. The third-order valence-corrected chi connectivity index (χ3v) is 10.6. The molecular formula is C42H27N3S. The zero-order valence-electron chi connectivity index (χ0n) is 24.8. The lowest BCUT2D eigenvalue weighted by Crippen LogP contribution is -2.41. The van der Waals surface area contributed by atoms with E-state index in [1.807, 2.05) is 11.3 Å². The summed E-state index contributed by atoms with van der Waals surface area (Å²) < 4.78 is 5.05. The predicted octanol–water partition coefficient (Wildman–Crippen LogP) is 9.52. The van der Waals surface area contributed by atoms with Gasteiger partial charge in [-0.05, 0) is 52.2 Å². The summed E-state index contributed by atoms with van der Waals surface area (Å²) in [4.78, 5) is 5.32. The number of nitrogens with one attached hydrogen (secondary N) is 1. The van der Waals surface area contributed by atoms with Gasteiger partial charge >= 0.3 is 0 Å². The van der Waals surface area contributed by atoms with Crippen LogP contribution in [0.4, 0.5) is 0 Å². The van der Waals surface area contributed by atoms with E-state index < -0.39 is 0 Å². The van der Waals surface area contributed by atoms with Crippen molar-refractivity contribution in [3.05, 3.63) is 168 Å². The first-order chi connectivity index (χ1) is 22.8. The number of benzene rings is 7. The molecule has 0 aliphatic carbocycles. The zero-order chi connectivity index (χ0) is 30.2. The number of para-hydroxylation sites is 2. The lowest BCUT2D eigenvalue weighted by atomic mass is 9.94. The molecule has 0 bridgehead atoms. The normalized spacial score (nSPS) is 14.6. The summed E-state index contributed by atoms with van der Waals surface area (Å²) in [6.07, 6.45) is -0.316. The fourth-order valence-electron chi connectivity index (χ4n) is 7.43. The Labute approximate surface area is 269 Å². The highest BCUT2D eigenvalue weighted by Crippen LogP contribution is 2.47. The minimum atomic E-state index is -0.316. The molecule has 7 aromatic carbocycles. The van der Waals surface area contributed by atoms with E-state index in [9.17, 15) is 0 Å². The Kier molecular flexibility index (Phi) is 5.51. The van der Waals surface area contributed by atoms with Gasteiger partial charge in [0.25, 0.3) is 0 Å². The zero-order valence-corrected chi connectivity index (χ0v) is 25.6. The minimum Gasteiger partial charge on any atom is -0.345 e. The first kappa shape index (κ1) is 25.6. The molecular weight excluding hydrogens is 579 g/mol. The number of nitrogens with zero attached hydrogens (tertiary/aromatic N) is 2. The van der Waals surface area contributed by atoms with Gasteiger partial charge in [0.1, 0.15) is 0 Å². The Balaban J connectivity index is 1.32. The molecule has 9 aromatic rings. The fourth-order valence-corrected chi connectivity index (χ4v) is 8.68. The van der Waals surface area contributed by atoms with Crippen LogP contribution >= 0.6 is 11.3 Å². The van der Waals surface area contributed by atoms with Crippen molar-refractivity contribution in [1.82, 2.24) is 9.88 Å². The molecule has 0 saturated heterocycles. The van der Waals surface area contributed by atoms with E-state index >= 15 is 0 Å². The molecule has 1 aliphatic heterocycles. The molecule has 4 heteroatoms. The van der Waals surface area contributed by atoms with E-state index in [1.54, 1.807) is 0 Å². The number of thiophene rings is 1. The van der Waals surface area contributed by atoms with Crippen LogP contribution in [0, 0.1) is 0 Å². The first-order valence-corrected chi connectivity index (χ1v) is 16.5. The Bertz CT molecular complexity index is 2780. The van der Waals surface area contributed by atoms with Crippen molar-refractivity contribution in [2.45, 2.75) is 6.29 Å². The van der Waals surface area contributed by atoms with Gasteiger partial charge < -0.3 is 9.88 Å². The summed E-state index contributed by atoms with van der Waals surface area (Å²) in [5, 5.41) is 13.7. The molecule has 0 amide bonds. The Morgan fingerprint density at radius 3 is 2.09 bits per heavy atom. The van der Waals surface area contributed by atoms with E-state index in [4.69, 9.17) is 4.99 Å². The van der Waals surface area contributed by atoms with Crippen molar-refractivity contribution >= 4 is 69.8 Å². The highest BCUT2D eigenvalue weighted by atomic mass is 32.1. The Morgan fingerprint density at radius 2 is 1.24 bits per heavy atom. The number of aromatic nitrogens is 1. The third kappa shape index (κ3) is 3.68. The van der Waals surface area contributed by atoms with Crippen molar-refractivity contribution < 1.29 is 0 Å². The van der Waals surface area contributed by atoms with Gasteiger partial charge in [-0.3, -0.25) is 0 Å². The molecule has 1 atom stereocenters. The molecule has 1 unspecified atom stereocenters. The van der Waals surface area contributed by atoms with Gasteiger partial charge in [0, 0.05) is 41.7 Å². The van der Waals surface area contributed by atoms with Crippen molar-refractivity contribution in [1.29, 1.82) is 0 Å². The summed E-state index contributed by atoms with van der Waals surface area (Å²) in [6, 6.07) is 54.6. The molecule has 10 rings (SSSR count). The topological polar surface area (TPSA) is 29.3 Å². The van der Waals surface area contributed by atoms with Crippen LogP contribution in [0.15, 0.2) is 157 Å². The monoisotopic (exact) mass is 605 g/mol. The highest BCUT2D eigenvalue weighted by Gasteiger charge is 2.24. The van der Waals surface area contributed by atoms with Crippen LogP contribution in [0.2, 0.25) is 0 Å². The largest absolute Gasteiger partial charge is 0.345 e. The summed E-state index contributed by atoms with van der Waals surface area (Å²) >= 11 is 1.89. The molecule has 3 heterocycles. The van der Waals surface area contributed by atoms with Gasteiger partial charge in [-0.25, -0.2) is 4.99 Å². The van der Waals surface area contributed by atoms with Gasteiger partial charge in [-0.15, -0.1) is 11.3 Å². The number of fused-ring (bicyclic) bond motifs is 10. The maximum Gasteiger partial charge on any atom is 0.201 e. The maximum absolute atomic E-state index is 5.32. The lowest BCUT2D eigenvalue weighted by molar-refractivity contribution is 0.490. The van der Waals surface area contributed by atoms with E-state index in [0.717, 1.165) is 27.4 Å². The summed E-state index contributed by atoms with van der Waals surface area (Å²) in [6.45, 7) is 0. The van der Waals surface area contributed by atoms with E-state index in [2.05, 4.69) is 162 Å². The summed E-state index contributed by atoms with van der Waals surface area (Å²) in [5.74, 6) is 0. The number of hydrogen-bond donors (Lipinski definition) is 1. The molecule has 1 N–H and O–H groups in total. The molecule has 2 aromatic heterocycles. The fraction of sp³-hybridized carbons (Fsp3) is 0.0238. The summed E-state index contributed by atoms with van der Waals surface area (Å²) in [7, 11) is 0. The number of hydrogen-bond acceptors (Lipinski definition) is 3. The second-order valence-corrected chi connectivity index (χ2v) is 13.0. The average Bonchev–Trinajstić information content (AvgIpc) is 3.68. The molecule has 0 fully saturated rings. The van der Waals surface area contributed by atoms with Crippen LogP contribution in [0.5, 0.6) is 0 Å². The molecule has 0 spiro atoms. The second-order valence-electron chi connectivity index (χ2n) is 11.9. The van der Waals surface area contributed by atoms with Gasteiger partial charge in [0.05, 0.1) is 22.1 Å². The van der Waals surface area contributed by atoms with Crippen LogP contribution < -0.4 is 15.9 Å². The molecule has 216 valence electrons. The first-order valence-electron chi connectivity index (χ1n) is 15.7. The Hall–Kier alpha value is -5.71. The molecule has 3 nitrogen and oxygen atoms in total. The standard InChI is InChI=1S/C42H27N3S/c1-3-13-26(14-4-1)32-25-33-28(39-31-19-9-12-22-37(31)46-41(32)39)23-24-36-38(33)30-18-8-11-21-35(30)45(36)42-43-34-20-10-7-17-29(34)40(44-42)27-15-5-2-6-16-27/h1-25,42,44H. The summed E-state index contributed by atoms with van der Waals surface area (Å²) in [5.41, 5.74) is 7.10. The molecule has 46 heavy (non-hydrogen) atoms.